The van der Waals surface area contributed by atoms with E-state index in [9.17, 15) is 19.1 Å². The molecule has 0 aromatic heterocycles. The number of halogens is 1. The Hall–Kier alpha value is -2.94. The van der Waals surface area contributed by atoms with E-state index in [1.165, 1.54) is 12.5 Å². The van der Waals surface area contributed by atoms with Gasteiger partial charge in [0.05, 0.1) is 42.6 Å². The van der Waals surface area contributed by atoms with Crippen LogP contribution in [0.2, 0.25) is 0 Å². The number of hydrogen-bond acceptors (Lipinski definition) is 6. The van der Waals surface area contributed by atoms with Gasteiger partial charge < -0.3 is 14.7 Å². The number of aliphatic hydroxyl groups excluding tert-OH is 1. The van der Waals surface area contributed by atoms with Crippen LogP contribution in [0.3, 0.4) is 0 Å². The van der Waals surface area contributed by atoms with Crippen molar-refractivity contribution in [1.82, 2.24) is 9.80 Å². The summed E-state index contributed by atoms with van der Waals surface area (Å²) >= 11 is 1.71. The second-order valence-corrected chi connectivity index (χ2v) is 14.2. The maximum absolute atomic E-state index is 15.0. The lowest BCUT2D eigenvalue weighted by Crippen LogP contribution is -2.61. The molecule has 1 N–H and O–H groups in total. The maximum Gasteiger partial charge on any atom is 0.256 e. The largest absolute Gasteiger partial charge is 0.504 e. The predicted octanol–water partition coefficient (Wildman–Crippen LogP) is 6.38. The first-order valence-electron chi connectivity index (χ1n) is 15.7. The minimum Gasteiger partial charge on any atom is -0.504 e. The van der Waals surface area contributed by atoms with Gasteiger partial charge >= 0.3 is 0 Å². The molecule has 2 aromatic carbocycles. The lowest BCUT2D eigenvalue weighted by Gasteiger charge is -2.49. The van der Waals surface area contributed by atoms with E-state index in [2.05, 4.69) is 17.0 Å². The fourth-order valence-corrected chi connectivity index (χ4v) is 9.19. The highest BCUT2D eigenvalue weighted by molar-refractivity contribution is 7.98. The summed E-state index contributed by atoms with van der Waals surface area (Å²) in [5, 5.41) is 11.3. The molecule has 4 fully saturated rings. The Balaban J connectivity index is 1.29. The lowest BCUT2D eigenvalue weighted by molar-refractivity contribution is -0.145. The van der Waals surface area contributed by atoms with Crippen molar-refractivity contribution < 1.29 is 23.8 Å². The molecule has 224 valence electrons. The Morgan fingerprint density at radius 3 is 2.67 bits per heavy atom. The van der Waals surface area contributed by atoms with Crippen molar-refractivity contribution in [1.29, 1.82) is 0 Å². The van der Waals surface area contributed by atoms with E-state index in [1.54, 1.807) is 23.9 Å². The number of hydrogen-bond donors (Lipinski definition) is 1. The van der Waals surface area contributed by atoms with Gasteiger partial charge in [0.15, 0.2) is 5.76 Å². The van der Waals surface area contributed by atoms with E-state index < -0.39 is 17.6 Å². The minimum atomic E-state index is -0.532. The van der Waals surface area contributed by atoms with Gasteiger partial charge in [-0.3, -0.25) is 14.5 Å². The van der Waals surface area contributed by atoms with Crippen LogP contribution in [0.5, 0.6) is 0 Å². The molecule has 2 aliphatic heterocycles. The van der Waals surface area contributed by atoms with Gasteiger partial charge in [-0.25, -0.2) is 4.39 Å². The summed E-state index contributed by atoms with van der Waals surface area (Å²) in [4.78, 5) is 32.8. The monoisotopic (exact) mass is 600 g/mol. The molecule has 6 atom stereocenters. The van der Waals surface area contributed by atoms with Crippen LogP contribution in [0.4, 0.5) is 4.39 Å². The summed E-state index contributed by atoms with van der Waals surface area (Å²) in [6.45, 7) is 2.18. The Labute approximate surface area is 256 Å². The summed E-state index contributed by atoms with van der Waals surface area (Å²) in [5.74, 6) is 0.528. The average Bonchev–Trinajstić information content (AvgIpc) is 3.91. The van der Waals surface area contributed by atoms with Gasteiger partial charge in [0, 0.05) is 10.6 Å². The molecular formula is C35H37FN2O4S. The second-order valence-electron chi connectivity index (χ2n) is 13.2. The van der Waals surface area contributed by atoms with Gasteiger partial charge in [0.1, 0.15) is 5.82 Å². The van der Waals surface area contributed by atoms with Crippen LogP contribution >= 0.6 is 11.8 Å². The highest BCUT2D eigenvalue weighted by Crippen LogP contribution is 2.52. The van der Waals surface area contributed by atoms with Crippen LogP contribution in [0.25, 0.3) is 0 Å². The first-order valence-corrected chi connectivity index (χ1v) is 16.7. The number of aliphatic hydroxyl groups is 1. The molecule has 3 saturated carbocycles. The molecule has 1 amide bonds. The highest BCUT2D eigenvalue weighted by atomic mass is 32.2. The van der Waals surface area contributed by atoms with Crippen molar-refractivity contribution in [3.63, 3.8) is 0 Å². The number of nitrogens with zero attached hydrogens (tertiary/aromatic N) is 2. The van der Waals surface area contributed by atoms with Gasteiger partial charge in [0.25, 0.3) is 5.91 Å². The minimum absolute atomic E-state index is 0.0599. The van der Waals surface area contributed by atoms with Gasteiger partial charge in [-0.05, 0) is 104 Å². The molecule has 0 bridgehead atoms. The van der Waals surface area contributed by atoms with Crippen LogP contribution in [0, 0.1) is 24.6 Å². The smallest absolute Gasteiger partial charge is 0.256 e. The molecule has 0 spiro atoms. The molecule has 2 heterocycles. The molecule has 8 heteroatoms. The Morgan fingerprint density at radius 2 is 1.84 bits per heavy atom. The Kier molecular flexibility index (Phi) is 6.80. The standard InChI is InChI=1S/C35H37FN2O4S/c1-19-25-17-43-31-8-3-2-5-24(31)33(23(25)12-13-26(19)36)37-18-38(35(41)32-28(37)6-4-7-29(39)34(32)40)27-14-9-20-15-21(20)16-30(27)42-22-10-11-22/h2-5,7-8,12-13,20-22,27-28,30,33,40H,6,9-11,14-18H2,1H3/t20?,21?,27?,28?,30?,33-/m0/s1. The molecule has 43 heavy (non-hydrogen) atoms. The molecule has 0 radical (unpaired) electrons. The number of amides is 1. The normalized spacial score (nSPS) is 32.3. The molecule has 5 unspecified atom stereocenters. The van der Waals surface area contributed by atoms with E-state index >= 15 is 0 Å². The van der Waals surface area contributed by atoms with E-state index in [4.69, 9.17) is 4.74 Å². The number of carbonyl (C=O) groups is 2. The summed E-state index contributed by atoms with van der Waals surface area (Å²) in [6, 6.07) is 10.8. The number of carbonyl (C=O) groups excluding carboxylic acids is 2. The zero-order valence-electron chi connectivity index (χ0n) is 24.4. The van der Waals surface area contributed by atoms with Crippen molar-refractivity contribution >= 4 is 23.5 Å². The zero-order chi connectivity index (χ0) is 29.4. The number of ether oxygens (including phenoxy) is 1. The molecular weight excluding hydrogens is 563 g/mol. The van der Waals surface area contributed by atoms with Crippen molar-refractivity contribution in [2.45, 2.75) is 92.9 Å². The van der Waals surface area contributed by atoms with Crippen molar-refractivity contribution in [3.05, 3.63) is 88.0 Å². The molecule has 6 nitrogen and oxygen atoms in total. The summed E-state index contributed by atoms with van der Waals surface area (Å²) < 4.78 is 21.6. The third-order valence-corrected chi connectivity index (χ3v) is 11.7. The predicted molar refractivity (Wildman–Crippen MR) is 162 cm³/mol. The van der Waals surface area contributed by atoms with Crippen LogP contribution in [-0.2, 0) is 20.1 Å². The summed E-state index contributed by atoms with van der Waals surface area (Å²) in [7, 11) is 0. The number of fused-ring (bicyclic) bond motifs is 4. The average molecular weight is 601 g/mol. The zero-order valence-corrected chi connectivity index (χ0v) is 25.2. The third-order valence-electron chi connectivity index (χ3n) is 10.6. The molecule has 1 saturated heterocycles. The van der Waals surface area contributed by atoms with E-state index in [0.29, 0.717) is 36.2 Å². The molecule has 8 rings (SSSR count). The van der Waals surface area contributed by atoms with E-state index in [-0.39, 0.29) is 41.6 Å². The van der Waals surface area contributed by atoms with E-state index in [0.717, 1.165) is 53.7 Å². The Morgan fingerprint density at radius 1 is 1.00 bits per heavy atom. The third kappa shape index (κ3) is 4.77. The first kappa shape index (κ1) is 27.6. The van der Waals surface area contributed by atoms with Gasteiger partial charge in [-0.2, -0.15) is 0 Å². The van der Waals surface area contributed by atoms with Crippen molar-refractivity contribution in [2.75, 3.05) is 6.67 Å². The van der Waals surface area contributed by atoms with Crippen LogP contribution in [0.1, 0.15) is 73.2 Å². The second kappa shape index (κ2) is 10.6. The number of thioether (sulfide) groups is 1. The fraction of sp³-hybridized carbons (Fsp3) is 0.486. The van der Waals surface area contributed by atoms with Crippen molar-refractivity contribution in [2.24, 2.45) is 11.8 Å². The number of rotatable bonds is 4. The Bertz CT molecular complexity index is 1570. The van der Waals surface area contributed by atoms with Crippen molar-refractivity contribution in [3.8, 4) is 0 Å². The highest BCUT2D eigenvalue weighted by Gasteiger charge is 2.51. The summed E-state index contributed by atoms with van der Waals surface area (Å²) in [5.41, 5.74) is 3.89. The quantitative estimate of drug-likeness (QED) is 0.440. The lowest BCUT2D eigenvalue weighted by atomic mass is 9.87. The van der Waals surface area contributed by atoms with Crippen LogP contribution in [-0.4, -0.2) is 57.6 Å². The van der Waals surface area contributed by atoms with Gasteiger partial charge in [0.2, 0.25) is 5.78 Å². The SMILES string of the molecule is Cc1c(F)ccc2c1CSc1ccccc1[C@H]2N1CN(C2CCC3CC3CC2OC2CC2)C(=O)C2=C(O)C(=O)C=CCC21. The maximum atomic E-state index is 15.0. The van der Waals surface area contributed by atoms with Crippen LogP contribution in [0.15, 0.2) is 64.8 Å². The number of allylic oxidation sites excluding steroid dienone is 1. The fourth-order valence-electron chi connectivity index (χ4n) is 7.99. The van der Waals surface area contributed by atoms with Gasteiger partial charge in [-0.1, -0.05) is 30.3 Å². The molecule has 6 aliphatic rings. The van der Waals surface area contributed by atoms with E-state index in [1.807, 2.05) is 30.0 Å². The number of ketones is 1. The first-order chi connectivity index (χ1) is 20.9. The van der Waals surface area contributed by atoms with Crippen LogP contribution < -0.4 is 0 Å². The molecule has 4 aliphatic carbocycles. The van der Waals surface area contributed by atoms with Gasteiger partial charge in [-0.15, -0.1) is 11.8 Å². The number of benzene rings is 2. The topological polar surface area (TPSA) is 70.1 Å². The molecule has 2 aromatic rings. The summed E-state index contributed by atoms with van der Waals surface area (Å²) in [6.07, 6.45) is 10.0.